The van der Waals surface area contributed by atoms with Crippen LogP contribution in [0.4, 0.5) is 0 Å². The van der Waals surface area contributed by atoms with Gasteiger partial charge in [0.05, 0.1) is 5.52 Å². The van der Waals surface area contributed by atoms with Crippen LogP contribution in [-0.2, 0) is 22.4 Å². The molecule has 1 aliphatic heterocycles. The Kier molecular flexibility index (Phi) is 9.34. The zero-order chi connectivity index (χ0) is 27.1. The van der Waals surface area contributed by atoms with Gasteiger partial charge in [-0.15, -0.1) is 0 Å². The molecule has 0 radical (unpaired) electrons. The largest absolute Gasteiger partial charge is 0.424 e. The molecule has 4 bridgehead atoms. The van der Waals surface area contributed by atoms with E-state index < -0.39 is 11.9 Å². The molecule has 0 aliphatic carbocycles. The summed E-state index contributed by atoms with van der Waals surface area (Å²) < 4.78 is 12.2. The van der Waals surface area contributed by atoms with E-state index in [2.05, 4.69) is 18.7 Å². The average molecular weight is 519 g/mol. The number of pyridine rings is 1. The maximum absolute atomic E-state index is 13.7. The molecule has 3 aromatic rings. The quantitative estimate of drug-likeness (QED) is 0.116. The van der Waals surface area contributed by atoms with Crippen LogP contribution in [0.15, 0.2) is 42.5 Å². The van der Waals surface area contributed by atoms with Crippen molar-refractivity contribution in [2.75, 3.05) is 19.6 Å². The minimum absolute atomic E-state index is 0.122. The fourth-order valence-electron chi connectivity index (χ4n) is 5.05. The molecule has 0 saturated heterocycles. The highest BCUT2D eigenvalue weighted by molar-refractivity contribution is 6.31. The number of unbranched alkanes of at least 4 members (excludes halogenated alkanes) is 3. The van der Waals surface area contributed by atoms with Gasteiger partial charge in [0.1, 0.15) is 5.69 Å². The number of aromatic nitrogens is 1. The first-order valence-electron chi connectivity index (χ1n) is 13.9. The lowest BCUT2D eigenvalue weighted by molar-refractivity contribution is -0.156. The average Bonchev–Trinajstić information content (AvgIpc) is 3.27. The van der Waals surface area contributed by atoms with Crippen LogP contribution in [0.5, 0.6) is 11.6 Å². The lowest BCUT2D eigenvalue weighted by Crippen LogP contribution is -2.27. The molecule has 202 valence electrons. The maximum atomic E-state index is 13.7. The Labute approximate surface area is 224 Å². The third kappa shape index (κ3) is 5.99. The second-order valence-electron chi connectivity index (χ2n) is 9.91. The van der Waals surface area contributed by atoms with Gasteiger partial charge >= 0.3 is 11.9 Å². The standard InChI is InChI=1S/C31H38N2O5/c1-4-7-19-32(20-8-5-2)21-10-9-12-22-15-17-23(18-16-22)28(34)27-24(6-3)29-25-13-11-14-26(33(25)27)37-30(35)31(36)38-29/h11,13-18H,4-10,12,19-21H2,1-3H3. The van der Waals surface area contributed by atoms with Crippen LogP contribution in [0.1, 0.15) is 86.5 Å². The Bertz CT molecular complexity index is 1280. The van der Waals surface area contributed by atoms with Gasteiger partial charge in [-0.1, -0.05) is 63.9 Å². The molecule has 0 unspecified atom stereocenters. The van der Waals surface area contributed by atoms with E-state index in [4.69, 9.17) is 9.47 Å². The summed E-state index contributed by atoms with van der Waals surface area (Å²) in [4.78, 5) is 40.6. The molecule has 4 rings (SSSR count). The fourth-order valence-corrected chi connectivity index (χ4v) is 5.05. The molecule has 1 aromatic carbocycles. The number of nitrogens with zero attached hydrogens (tertiary/aromatic N) is 2. The van der Waals surface area contributed by atoms with E-state index in [9.17, 15) is 14.4 Å². The van der Waals surface area contributed by atoms with Crippen molar-refractivity contribution in [1.29, 1.82) is 0 Å². The summed E-state index contributed by atoms with van der Waals surface area (Å²) in [6.07, 6.45) is 8.65. The zero-order valence-corrected chi connectivity index (χ0v) is 22.8. The first kappa shape index (κ1) is 27.6. The minimum Gasteiger partial charge on any atom is -0.415 e. The van der Waals surface area contributed by atoms with Gasteiger partial charge in [0, 0.05) is 11.1 Å². The highest BCUT2D eigenvalue weighted by Crippen LogP contribution is 2.37. The summed E-state index contributed by atoms with van der Waals surface area (Å²) in [5, 5.41) is 0. The van der Waals surface area contributed by atoms with Crippen molar-refractivity contribution in [3.8, 4) is 11.6 Å². The number of esters is 2. The molecule has 3 heterocycles. The second kappa shape index (κ2) is 12.9. The number of carbonyl (C=O) groups excluding carboxylic acids is 3. The number of benzene rings is 1. The number of hydrogen-bond acceptors (Lipinski definition) is 6. The van der Waals surface area contributed by atoms with Crippen molar-refractivity contribution in [3.05, 3.63) is 64.8 Å². The van der Waals surface area contributed by atoms with Crippen molar-refractivity contribution in [2.24, 2.45) is 0 Å². The summed E-state index contributed by atoms with van der Waals surface area (Å²) in [6.45, 7) is 9.88. The van der Waals surface area contributed by atoms with Gasteiger partial charge in [0.2, 0.25) is 11.7 Å². The normalized spacial score (nSPS) is 13.1. The number of ether oxygens (including phenoxy) is 2. The Hall–Kier alpha value is -3.45. The van der Waals surface area contributed by atoms with Gasteiger partial charge in [-0.05, 0) is 75.9 Å². The van der Waals surface area contributed by atoms with E-state index in [0.29, 0.717) is 28.8 Å². The third-order valence-corrected chi connectivity index (χ3v) is 7.16. The maximum Gasteiger partial charge on any atom is 0.424 e. The fraction of sp³-hybridized carbons (Fsp3) is 0.452. The molecule has 1 aliphatic rings. The van der Waals surface area contributed by atoms with Crippen molar-refractivity contribution >= 4 is 23.2 Å². The topological polar surface area (TPSA) is 77.3 Å². The van der Waals surface area contributed by atoms with Crippen LogP contribution in [0, 0.1) is 0 Å². The van der Waals surface area contributed by atoms with Gasteiger partial charge in [0.25, 0.3) is 0 Å². The Morgan fingerprint density at radius 3 is 2.13 bits per heavy atom. The molecule has 7 heteroatoms. The Morgan fingerprint density at radius 2 is 1.47 bits per heavy atom. The predicted octanol–water partition coefficient (Wildman–Crippen LogP) is 5.78. The van der Waals surface area contributed by atoms with Crippen molar-refractivity contribution in [1.82, 2.24) is 9.30 Å². The monoisotopic (exact) mass is 518 g/mol. The molecular weight excluding hydrogens is 480 g/mol. The molecular formula is C31H38N2O5. The summed E-state index contributed by atoms with van der Waals surface area (Å²) in [5.74, 6) is -2.06. The van der Waals surface area contributed by atoms with Crippen LogP contribution in [0.2, 0.25) is 0 Å². The number of carbonyl (C=O) groups is 3. The SMILES string of the molecule is CCCCN(CCCC)CCCCc1ccc(C(=O)c2c(CC)c3c4cccc(n24)OC(=O)C(=O)O3)cc1. The number of hydrogen-bond donors (Lipinski definition) is 0. The Morgan fingerprint density at radius 1 is 0.816 bits per heavy atom. The molecule has 0 spiro atoms. The predicted molar refractivity (Wildman–Crippen MR) is 147 cm³/mol. The van der Waals surface area contributed by atoms with E-state index in [1.165, 1.54) is 44.3 Å². The molecule has 0 amide bonds. The first-order chi connectivity index (χ1) is 18.5. The van der Waals surface area contributed by atoms with Gasteiger partial charge in [-0.2, -0.15) is 0 Å². The van der Waals surface area contributed by atoms with Crippen LogP contribution >= 0.6 is 0 Å². The first-order valence-corrected chi connectivity index (χ1v) is 13.9. The van der Waals surface area contributed by atoms with Gasteiger partial charge in [-0.3, -0.25) is 9.20 Å². The molecule has 0 saturated carbocycles. The van der Waals surface area contributed by atoms with Gasteiger partial charge in [0.15, 0.2) is 5.75 Å². The lowest BCUT2D eigenvalue weighted by Gasteiger charge is -2.21. The third-order valence-electron chi connectivity index (χ3n) is 7.16. The van der Waals surface area contributed by atoms with E-state index >= 15 is 0 Å². The van der Waals surface area contributed by atoms with Crippen molar-refractivity contribution in [3.63, 3.8) is 0 Å². The highest BCUT2D eigenvalue weighted by Gasteiger charge is 2.33. The van der Waals surface area contributed by atoms with Crippen LogP contribution < -0.4 is 9.47 Å². The van der Waals surface area contributed by atoms with Crippen LogP contribution in [0.3, 0.4) is 0 Å². The number of rotatable bonds is 14. The molecule has 7 nitrogen and oxygen atoms in total. The van der Waals surface area contributed by atoms with E-state index in [-0.39, 0.29) is 17.4 Å². The van der Waals surface area contributed by atoms with E-state index in [1.54, 1.807) is 22.6 Å². The zero-order valence-electron chi connectivity index (χ0n) is 22.8. The summed E-state index contributed by atoms with van der Waals surface area (Å²) >= 11 is 0. The molecule has 38 heavy (non-hydrogen) atoms. The summed E-state index contributed by atoms with van der Waals surface area (Å²) in [5.41, 5.74) is 3.18. The smallest absolute Gasteiger partial charge is 0.415 e. The van der Waals surface area contributed by atoms with E-state index in [0.717, 1.165) is 25.8 Å². The number of aryl methyl sites for hydroxylation is 1. The van der Waals surface area contributed by atoms with Crippen LogP contribution in [-0.4, -0.2) is 46.7 Å². The van der Waals surface area contributed by atoms with Gasteiger partial charge < -0.3 is 14.4 Å². The van der Waals surface area contributed by atoms with Gasteiger partial charge in [-0.25, -0.2) is 9.59 Å². The lowest BCUT2D eigenvalue weighted by atomic mass is 10.0. The van der Waals surface area contributed by atoms with E-state index in [1.807, 2.05) is 31.2 Å². The molecule has 0 atom stereocenters. The molecule has 2 aromatic heterocycles. The molecule has 0 fully saturated rings. The second-order valence-corrected chi connectivity index (χ2v) is 9.91. The summed E-state index contributed by atoms with van der Waals surface area (Å²) in [6, 6.07) is 12.8. The Balaban J connectivity index is 1.48. The number of ketones is 1. The minimum atomic E-state index is -1.11. The summed E-state index contributed by atoms with van der Waals surface area (Å²) in [7, 11) is 0. The highest BCUT2D eigenvalue weighted by atomic mass is 16.6. The van der Waals surface area contributed by atoms with Crippen molar-refractivity contribution in [2.45, 2.75) is 72.1 Å². The van der Waals surface area contributed by atoms with Crippen molar-refractivity contribution < 1.29 is 23.9 Å². The molecule has 0 N–H and O–H groups in total. The van der Waals surface area contributed by atoms with Crippen LogP contribution in [0.25, 0.3) is 5.52 Å².